The van der Waals surface area contributed by atoms with Crippen LogP contribution in [-0.2, 0) is 9.59 Å². The molecule has 1 N–H and O–H groups in total. The first-order valence-corrected chi connectivity index (χ1v) is 10.7. The Bertz CT molecular complexity index is 1090. The smallest absolute Gasteiger partial charge is 0.247 e. The van der Waals surface area contributed by atoms with E-state index in [9.17, 15) is 9.59 Å². The van der Waals surface area contributed by atoms with E-state index in [2.05, 4.69) is 10.3 Å². The SMILES string of the molecule is COc1ccc(NC(=O)C[C@H]2SC(=Nc3ccccc3)N(c3ccccc3)C2=O)cc1. The molecule has 1 saturated heterocycles. The molecule has 7 heteroatoms. The highest BCUT2D eigenvalue weighted by atomic mass is 32.2. The fourth-order valence-electron chi connectivity index (χ4n) is 3.16. The van der Waals surface area contributed by atoms with Crippen LogP contribution in [0, 0.1) is 0 Å². The number of nitrogens with one attached hydrogen (secondary N) is 1. The highest BCUT2D eigenvalue weighted by Crippen LogP contribution is 2.35. The van der Waals surface area contributed by atoms with Gasteiger partial charge in [-0.05, 0) is 48.5 Å². The number of hydrogen-bond donors (Lipinski definition) is 1. The number of thioether (sulfide) groups is 1. The number of ether oxygens (including phenoxy) is 1. The number of amidine groups is 1. The zero-order chi connectivity index (χ0) is 21.6. The normalized spacial score (nSPS) is 17.1. The molecule has 1 atom stereocenters. The second-order valence-corrected chi connectivity index (χ2v) is 8.00. The summed E-state index contributed by atoms with van der Waals surface area (Å²) in [5, 5.41) is 2.85. The van der Waals surface area contributed by atoms with Crippen molar-refractivity contribution in [3.63, 3.8) is 0 Å². The number of carbonyl (C=O) groups excluding carboxylic acids is 2. The van der Waals surface area contributed by atoms with Crippen molar-refractivity contribution in [3.05, 3.63) is 84.9 Å². The maximum Gasteiger partial charge on any atom is 0.247 e. The second kappa shape index (κ2) is 9.49. The quantitative estimate of drug-likeness (QED) is 0.605. The van der Waals surface area contributed by atoms with Crippen molar-refractivity contribution >= 4 is 45.8 Å². The minimum atomic E-state index is -0.555. The van der Waals surface area contributed by atoms with Crippen molar-refractivity contribution in [2.24, 2.45) is 4.99 Å². The first kappa shape index (κ1) is 20.7. The van der Waals surface area contributed by atoms with Gasteiger partial charge in [0.25, 0.3) is 0 Å². The van der Waals surface area contributed by atoms with E-state index >= 15 is 0 Å². The van der Waals surface area contributed by atoms with Crippen molar-refractivity contribution < 1.29 is 14.3 Å². The number of aliphatic imine (C=N–C) groups is 1. The molecule has 3 aromatic carbocycles. The van der Waals surface area contributed by atoms with Crippen LogP contribution >= 0.6 is 11.8 Å². The number of amides is 2. The molecule has 0 aliphatic carbocycles. The van der Waals surface area contributed by atoms with E-state index in [0.717, 1.165) is 11.4 Å². The summed E-state index contributed by atoms with van der Waals surface area (Å²) in [6.45, 7) is 0. The predicted molar refractivity (Wildman–Crippen MR) is 125 cm³/mol. The number of anilines is 2. The fraction of sp³-hybridized carbons (Fsp3) is 0.125. The lowest BCUT2D eigenvalue weighted by molar-refractivity contribution is -0.121. The number of carbonyl (C=O) groups is 2. The third kappa shape index (κ3) is 4.95. The molecule has 31 heavy (non-hydrogen) atoms. The van der Waals surface area contributed by atoms with E-state index in [1.807, 2.05) is 60.7 Å². The summed E-state index contributed by atoms with van der Waals surface area (Å²) in [6.07, 6.45) is 0.0483. The Morgan fingerprint density at radius 2 is 1.65 bits per heavy atom. The van der Waals surface area contributed by atoms with E-state index in [1.165, 1.54) is 11.8 Å². The number of nitrogens with zero attached hydrogens (tertiary/aromatic N) is 2. The number of rotatable bonds is 6. The van der Waals surface area contributed by atoms with Crippen LogP contribution in [0.25, 0.3) is 0 Å². The summed E-state index contributed by atoms with van der Waals surface area (Å²) < 4.78 is 5.13. The van der Waals surface area contributed by atoms with E-state index in [4.69, 9.17) is 4.74 Å². The summed E-state index contributed by atoms with van der Waals surface area (Å²) in [5.74, 6) is 0.320. The first-order valence-electron chi connectivity index (χ1n) is 9.77. The average molecular weight is 432 g/mol. The summed E-state index contributed by atoms with van der Waals surface area (Å²) in [6, 6.07) is 25.9. The topological polar surface area (TPSA) is 71.0 Å². The summed E-state index contributed by atoms with van der Waals surface area (Å²) in [4.78, 5) is 32.1. The van der Waals surface area contributed by atoms with Gasteiger partial charge in [0.15, 0.2) is 5.17 Å². The Morgan fingerprint density at radius 3 is 2.29 bits per heavy atom. The van der Waals surface area contributed by atoms with Crippen molar-refractivity contribution in [2.75, 3.05) is 17.3 Å². The molecule has 0 aromatic heterocycles. The van der Waals surface area contributed by atoms with Crippen LogP contribution in [0.3, 0.4) is 0 Å². The molecule has 156 valence electrons. The van der Waals surface area contributed by atoms with Gasteiger partial charge in [-0.25, -0.2) is 4.99 Å². The minimum Gasteiger partial charge on any atom is -0.497 e. The molecule has 1 aliphatic heterocycles. The van der Waals surface area contributed by atoms with Crippen LogP contribution in [0.15, 0.2) is 89.9 Å². The van der Waals surface area contributed by atoms with Gasteiger partial charge in [0.1, 0.15) is 11.0 Å². The zero-order valence-corrected chi connectivity index (χ0v) is 17.7. The summed E-state index contributed by atoms with van der Waals surface area (Å²) in [5.41, 5.74) is 2.13. The van der Waals surface area contributed by atoms with Gasteiger partial charge >= 0.3 is 0 Å². The fourth-order valence-corrected chi connectivity index (χ4v) is 4.31. The van der Waals surface area contributed by atoms with Gasteiger partial charge in [0, 0.05) is 12.1 Å². The molecular formula is C24H21N3O3S. The van der Waals surface area contributed by atoms with Gasteiger partial charge in [-0.3, -0.25) is 14.5 Å². The molecule has 1 fully saturated rings. The standard InChI is InChI=1S/C24H21N3O3S/c1-30-20-14-12-18(13-15-20)25-22(28)16-21-23(29)27(19-10-6-3-7-11-19)24(31-21)26-17-8-4-2-5-9-17/h2-15,21H,16H2,1H3,(H,25,28)/t21-/m1/s1. The lowest BCUT2D eigenvalue weighted by Gasteiger charge is -2.16. The lowest BCUT2D eigenvalue weighted by Crippen LogP contribution is -2.33. The van der Waals surface area contributed by atoms with Gasteiger partial charge < -0.3 is 10.1 Å². The molecule has 1 aliphatic rings. The van der Waals surface area contributed by atoms with Crippen molar-refractivity contribution in [1.82, 2.24) is 0 Å². The summed E-state index contributed by atoms with van der Waals surface area (Å²) in [7, 11) is 1.59. The summed E-state index contributed by atoms with van der Waals surface area (Å²) >= 11 is 1.31. The van der Waals surface area contributed by atoms with Crippen molar-refractivity contribution in [1.29, 1.82) is 0 Å². The van der Waals surface area contributed by atoms with Crippen LogP contribution < -0.4 is 15.0 Å². The number of methoxy groups -OCH3 is 1. The number of hydrogen-bond acceptors (Lipinski definition) is 5. The Morgan fingerprint density at radius 1 is 1.00 bits per heavy atom. The molecule has 0 radical (unpaired) electrons. The Balaban J connectivity index is 1.53. The maximum atomic E-state index is 13.2. The highest BCUT2D eigenvalue weighted by molar-refractivity contribution is 8.16. The molecule has 2 amide bonds. The zero-order valence-electron chi connectivity index (χ0n) is 16.9. The minimum absolute atomic E-state index is 0.0483. The maximum absolute atomic E-state index is 13.2. The third-order valence-electron chi connectivity index (χ3n) is 4.67. The molecule has 4 rings (SSSR count). The van der Waals surface area contributed by atoms with Crippen LogP contribution in [0.1, 0.15) is 6.42 Å². The molecule has 1 heterocycles. The van der Waals surface area contributed by atoms with Gasteiger partial charge in [-0.15, -0.1) is 0 Å². The second-order valence-electron chi connectivity index (χ2n) is 6.83. The number of para-hydroxylation sites is 2. The van der Waals surface area contributed by atoms with E-state index < -0.39 is 5.25 Å². The van der Waals surface area contributed by atoms with E-state index in [0.29, 0.717) is 16.6 Å². The van der Waals surface area contributed by atoms with Crippen LogP contribution in [0.2, 0.25) is 0 Å². The van der Waals surface area contributed by atoms with Crippen molar-refractivity contribution in [2.45, 2.75) is 11.7 Å². The molecule has 6 nitrogen and oxygen atoms in total. The molecule has 0 spiro atoms. The molecule has 3 aromatic rings. The number of benzene rings is 3. The average Bonchev–Trinajstić information content (AvgIpc) is 3.09. The van der Waals surface area contributed by atoms with Gasteiger partial charge in [-0.2, -0.15) is 0 Å². The van der Waals surface area contributed by atoms with Crippen LogP contribution in [0.5, 0.6) is 5.75 Å². The Hall–Kier alpha value is -3.58. The predicted octanol–water partition coefficient (Wildman–Crippen LogP) is 4.86. The lowest BCUT2D eigenvalue weighted by atomic mass is 10.2. The van der Waals surface area contributed by atoms with Gasteiger partial charge in [0.2, 0.25) is 11.8 Å². The molecule has 0 bridgehead atoms. The molecule has 0 unspecified atom stereocenters. The van der Waals surface area contributed by atoms with Crippen LogP contribution in [-0.4, -0.2) is 29.3 Å². The largest absolute Gasteiger partial charge is 0.497 e. The Kier molecular flexibility index (Phi) is 6.33. The third-order valence-corrected chi connectivity index (χ3v) is 5.81. The van der Waals surface area contributed by atoms with Crippen LogP contribution in [0.4, 0.5) is 17.1 Å². The first-order chi connectivity index (χ1) is 15.1. The van der Waals surface area contributed by atoms with E-state index in [1.54, 1.807) is 36.3 Å². The van der Waals surface area contributed by atoms with Gasteiger partial charge in [0.05, 0.1) is 18.5 Å². The highest BCUT2D eigenvalue weighted by Gasteiger charge is 2.40. The monoisotopic (exact) mass is 431 g/mol. The van der Waals surface area contributed by atoms with Gasteiger partial charge in [-0.1, -0.05) is 48.2 Å². The van der Waals surface area contributed by atoms with Crippen molar-refractivity contribution in [3.8, 4) is 5.75 Å². The Labute approximate surface area is 184 Å². The molecule has 0 saturated carbocycles. The van der Waals surface area contributed by atoms with E-state index in [-0.39, 0.29) is 18.2 Å². The molecular weight excluding hydrogens is 410 g/mol.